The molecule has 0 bridgehead atoms. The minimum atomic E-state index is -0.0733. The SMILES string of the molecule is C[C@@H](c1ccccc1)N1CCN(C(=O)c2csc3c(N=O)nc(C4=CCCC=N4)nc23)CC1. The number of aromatic nitrogens is 2. The highest BCUT2D eigenvalue weighted by Gasteiger charge is 2.28. The minimum absolute atomic E-state index is 0.0576. The average molecular weight is 461 g/mol. The van der Waals surface area contributed by atoms with Crippen molar-refractivity contribution in [2.45, 2.75) is 25.8 Å². The molecule has 1 aromatic carbocycles. The van der Waals surface area contributed by atoms with E-state index in [0.717, 1.165) is 25.9 Å². The molecule has 2 aliphatic rings. The van der Waals surface area contributed by atoms with E-state index in [1.165, 1.54) is 16.9 Å². The zero-order valence-corrected chi connectivity index (χ0v) is 19.2. The summed E-state index contributed by atoms with van der Waals surface area (Å²) in [4.78, 5) is 42.4. The van der Waals surface area contributed by atoms with Crippen LogP contribution < -0.4 is 0 Å². The van der Waals surface area contributed by atoms with Crippen molar-refractivity contribution < 1.29 is 4.79 Å². The third-order valence-electron chi connectivity index (χ3n) is 6.24. The van der Waals surface area contributed by atoms with Crippen LogP contribution in [0.25, 0.3) is 15.9 Å². The van der Waals surface area contributed by atoms with E-state index < -0.39 is 0 Å². The lowest BCUT2D eigenvalue weighted by Crippen LogP contribution is -2.49. The number of allylic oxidation sites excluding steroid dienone is 1. The van der Waals surface area contributed by atoms with Gasteiger partial charge in [-0.3, -0.25) is 14.7 Å². The highest BCUT2D eigenvalue weighted by molar-refractivity contribution is 7.18. The minimum Gasteiger partial charge on any atom is -0.336 e. The van der Waals surface area contributed by atoms with Crippen LogP contribution in [0.15, 0.2) is 52.0 Å². The Labute approximate surface area is 195 Å². The molecule has 33 heavy (non-hydrogen) atoms. The molecule has 1 amide bonds. The van der Waals surface area contributed by atoms with Crippen LogP contribution in [0, 0.1) is 4.91 Å². The van der Waals surface area contributed by atoms with Crippen molar-refractivity contribution in [2.75, 3.05) is 26.2 Å². The number of rotatable bonds is 5. The normalized spacial score (nSPS) is 17.7. The first kappa shape index (κ1) is 21.5. The van der Waals surface area contributed by atoms with E-state index in [9.17, 15) is 9.70 Å². The standard InChI is InChI=1S/C24H24N6O2S/c1-16(17-7-3-2-4-8-17)29-11-13-30(14-12-29)24(31)18-15-33-21-20(18)26-22(27-23(21)28-32)19-9-5-6-10-25-19/h2-4,7-10,15-16H,5-6,11-14H2,1H3/t16-/m0/s1. The molecule has 8 nitrogen and oxygen atoms in total. The van der Waals surface area contributed by atoms with Gasteiger partial charge in [0, 0.05) is 43.8 Å². The first-order valence-corrected chi connectivity index (χ1v) is 12.0. The second-order valence-corrected chi connectivity index (χ2v) is 9.06. The van der Waals surface area contributed by atoms with Crippen LogP contribution in [-0.2, 0) is 0 Å². The van der Waals surface area contributed by atoms with Crippen molar-refractivity contribution >= 4 is 45.2 Å². The fraction of sp³-hybridized carbons (Fsp3) is 0.333. The van der Waals surface area contributed by atoms with E-state index >= 15 is 0 Å². The molecule has 0 saturated carbocycles. The molecule has 1 saturated heterocycles. The number of carbonyl (C=O) groups excluding carboxylic acids is 1. The van der Waals surface area contributed by atoms with E-state index in [-0.39, 0.29) is 11.7 Å². The maximum atomic E-state index is 13.4. The Morgan fingerprint density at radius 3 is 2.58 bits per heavy atom. The molecule has 0 radical (unpaired) electrons. The van der Waals surface area contributed by atoms with Gasteiger partial charge in [-0.1, -0.05) is 36.4 Å². The lowest BCUT2D eigenvalue weighted by molar-refractivity contribution is 0.0584. The number of thiophene rings is 1. The topological polar surface area (TPSA) is 91.1 Å². The molecule has 1 fully saturated rings. The van der Waals surface area contributed by atoms with Crippen molar-refractivity contribution in [3.63, 3.8) is 0 Å². The lowest BCUT2D eigenvalue weighted by atomic mass is 10.1. The summed E-state index contributed by atoms with van der Waals surface area (Å²) >= 11 is 1.28. The number of carbonyl (C=O) groups is 1. The van der Waals surface area contributed by atoms with Gasteiger partial charge >= 0.3 is 0 Å². The molecular weight excluding hydrogens is 436 g/mol. The number of nitrogens with zero attached hydrogens (tertiary/aromatic N) is 6. The molecule has 0 unspecified atom stereocenters. The van der Waals surface area contributed by atoms with E-state index in [2.05, 4.69) is 56.2 Å². The Bertz CT molecular complexity index is 1240. The van der Waals surface area contributed by atoms with Gasteiger partial charge in [0.25, 0.3) is 5.91 Å². The third-order valence-corrected chi connectivity index (χ3v) is 7.20. The van der Waals surface area contributed by atoms with Crippen LogP contribution in [0.4, 0.5) is 5.82 Å². The number of amides is 1. The number of benzene rings is 1. The van der Waals surface area contributed by atoms with Gasteiger partial charge in [-0.25, -0.2) is 9.97 Å². The number of fused-ring (bicyclic) bond motifs is 1. The predicted molar refractivity (Wildman–Crippen MR) is 131 cm³/mol. The Balaban J connectivity index is 1.37. The van der Waals surface area contributed by atoms with Gasteiger partial charge in [-0.15, -0.1) is 16.2 Å². The number of aliphatic imine (C=N–C) groups is 1. The summed E-state index contributed by atoms with van der Waals surface area (Å²) in [6.45, 7) is 5.08. The molecule has 4 heterocycles. The Kier molecular flexibility index (Phi) is 6.06. The van der Waals surface area contributed by atoms with Crippen molar-refractivity contribution in [3.05, 3.63) is 63.6 Å². The van der Waals surface area contributed by atoms with Gasteiger partial charge < -0.3 is 4.90 Å². The fourth-order valence-corrected chi connectivity index (χ4v) is 5.22. The zero-order chi connectivity index (χ0) is 22.8. The van der Waals surface area contributed by atoms with Crippen LogP contribution >= 0.6 is 11.3 Å². The van der Waals surface area contributed by atoms with E-state index in [1.54, 1.807) is 5.38 Å². The van der Waals surface area contributed by atoms with Gasteiger partial charge in [0.15, 0.2) is 5.82 Å². The van der Waals surface area contributed by atoms with Gasteiger partial charge in [0.2, 0.25) is 5.82 Å². The number of piperazine rings is 1. The van der Waals surface area contributed by atoms with Crippen molar-refractivity contribution in [1.82, 2.24) is 19.8 Å². The van der Waals surface area contributed by atoms with Crippen LogP contribution in [0.1, 0.15) is 47.6 Å². The molecule has 2 aliphatic heterocycles. The predicted octanol–water partition coefficient (Wildman–Crippen LogP) is 4.81. The van der Waals surface area contributed by atoms with Crippen LogP contribution in [0.2, 0.25) is 0 Å². The second-order valence-electron chi connectivity index (χ2n) is 8.18. The summed E-state index contributed by atoms with van der Waals surface area (Å²) in [5.74, 6) is 0.320. The monoisotopic (exact) mass is 460 g/mol. The zero-order valence-electron chi connectivity index (χ0n) is 18.3. The average Bonchev–Trinajstić information content (AvgIpc) is 3.32. The largest absolute Gasteiger partial charge is 0.336 e. The van der Waals surface area contributed by atoms with Crippen molar-refractivity contribution in [1.29, 1.82) is 0 Å². The number of hydrogen-bond donors (Lipinski definition) is 0. The summed E-state index contributed by atoms with van der Waals surface area (Å²) in [6, 6.07) is 10.7. The summed E-state index contributed by atoms with van der Waals surface area (Å²) in [6.07, 6.45) is 5.45. The molecule has 2 aromatic heterocycles. The van der Waals surface area contributed by atoms with Gasteiger partial charge in [-0.2, -0.15) is 0 Å². The molecule has 9 heteroatoms. The van der Waals surface area contributed by atoms with Crippen LogP contribution in [0.5, 0.6) is 0 Å². The lowest BCUT2D eigenvalue weighted by Gasteiger charge is -2.38. The molecule has 3 aromatic rings. The molecule has 0 N–H and O–H groups in total. The highest BCUT2D eigenvalue weighted by Crippen LogP contribution is 2.34. The van der Waals surface area contributed by atoms with Crippen molar-refractivity contribution in [3.8, 4) is 0 Å². The first-order chi connectivity index (χ1) is 16.2. The Morgan fingerprint density at radius 2 is 1.88 bits per heavy atom. The number of nitroso groups, excluding NO2 is 1. The van der Waals surface area contributed by atoms with Crippen molar-refractivity contribution in [2.24, 2.45) is 10.2 Å². The molecule has 0 aliphatic carbocycles. The summed E-state index contributed by atoms with van der Waals surface area (Å²) in [5, 5.41) is 4.86. The summed E-state index contributed by atoms with van der Waals surface area (Å²) < 4.78 is 0.536. The number of hydrogen-bond acceptors (Lipinski definition) is 8. The Morgan fingerprint density at radius 1 is 1.09 bits per heavy atom. The molecule has 5 rings (SSSR count). The maximum absolute atomic E-state index is 13.4. The molecule has 1 atom stereocenters. The quantitative estimate of drug-likeness (QED) is 0.510. The molecule has 0 spiro atoms. The van der Waals surface area contributed by atoms with E-state index in [1.807, 2.05) is 23.3 Å². The van der Waals surface area contributed by atoms with Gasteiger partial charge in [0.1, 0.15) is 15.9 Å². The van der Waals surface area contributed by atoms with Gasteiger partial charge in [0.05, 0.1) is 5.56 Å². The van der Waals surface area contributed by atoms with E-state index in [0.29, 0.717) is 46.4 Å². The maximum Gasteiger partial charge on any atom is 0.257 e. The molecular formula is C24H24N6O2S. The van der Waals surface area contributed by atoms with Crippen LogP contribution in [0.3, 0.4) is 0 Å². The third kappa shape index (κ3) is 4.21. The van der Waals surface area contributed by atoms with Crippen LogP contribution in [-0.4, -0.2) is 58.1 Å². The smallest absolute Gasteiger partial charge is 0.257 e. The highest BCUT2D eigenvalue weighted by atomic mass is 32.1. The summed E-state index contributed by atoms with van der Waals surface area (Å²) in [7, 11) is 0. The first-order valence-electron chi connectivity index (χ1n) is 11.1. The van der Waals surface area contributed by atoms with E-state index in [4.69, 9.17) is 0 Å². The second kappa shape index (κ2) is 9.29. The molecule has 168 valence electrons. The fourth-order valence-electron chi connectivity index (χ4n) is 4.32. The summed E-state index contributed by atoms with van der Waals surface area (Å²) in [5.41, 5.74) is 2.86. The van der Waals surface area contributed by atoms with Gasteiger partial charge in [-0.05, 0) is 30.5 Å². The Hall–Kier alpha value is -3.30.